The van der Waals surface area contributed by atoms with Gasteiger partial charge in [-0.05, 0) is 63.6 Å². The minimum Gasteiger partial charge on any atom is -0.463 e. The lowest BCUT2D eigenvalue weighted by Gasteiger charge is -2.24. The summed E-state index contributed by atoms with van der Waals surface area (Å²) < 4.78 is 11.1. The first kappa shape index (κ1) is 37.8. The minimum absolute atomic E-state index is 0.125. The molecule has 2 amide bonds. The van der Waals surface area contributed by atoms with E-state index in [4.69, 9.17) is 9.47 Å². The molecule has 0 fully saturated rings. The fourth-order valence-electron chi connectivity index (χ4n) is 5.44. The average Bonchev–Trinajstić information content (AvgIpc) is 3.44. The summed E-state index contributed by atoms with van der Waals surface area (Å²) in [5.41, 5.74) is 2.10. The highest BCUT2D eigenvalue weighted by Gasteiger charge is 2.29. The van der Waals surface area contributed by atoms with Crippen molar-refractivity contribution in [1.29, 1.82) is 0 Å². The van der Waals surface area contributed by atoms with Crippen molar-refractivity contribution in [2.24, 2.45) is 11.8 Å². The van der Waals surface area contributed by atoms with Gasteiger partial charge < -0.3 is 30.2 Å². The minimum atomic E-state index is -0.797. The molecule has 4 N–H and O–H groups in total. The zero-order chi connectivity index (χ0) is 35.1. The van der Waals surface area contributed by atoms with Gasteiger partial charge in [-0.1, -0.05) is 60.7 Å². The number of rotatable bonds is 19. The lowest BCUT2D eigenvalue weighted by Crippen LogP contribution is -2.45. The predicted molar refractivity (Wildman–Crippen MR) is 186 cm³/mol. The van der Waals surface area contributed by atoms with Gasteiger partial charge in [-0.25, -0.2) is 0 Å². The number of allylic oxidation sites excluding steroid dienone is 2. The van der Waals surface area contributed by atoms with E-state index in [1.54, 1.807) is 32.9 Å². The lowest BCUT2D eigenvalue weighted by atomic mass is 9.97. The van der Waals surface area contributed by atoms with Gasteiger partial charge in [0.1, 0.15) is 12.2 Å². The van der Waals surface area contributed by atoms with Gasteiger partial charge in [-0.2, -0.15) is 0 Å². The molecule has 0 bridgehead atoms. The van der Waals surface area contributed by atoms with Crippen LogP contribution in [0, 0.1) is 11.8 Å². The Kier molecular flexibility index (Phi) is 14.6. The fraction of sp³-hybridized carbons (Fsp3) is 0.421. The van der Waals surface area contributed by atoms with Crippen molar-refractivity contribution < 1.29 is 33.8 Å². The van der Waals surface area contributed by atoms with Crippen LogP contribution in [0.1, 0.15) is 57.6 Å². The number of aromatic amines is 1. The number of H-pyrrole nitrogens is 1. The van der Waals surface area contributed by atoms with Crippen LogP contribution in [-0.2, 0) is 41.5 Å². The Labute approximate surface area is 283 Å². The highest BCUT2D eigenvalue weighted by Crippen LogP contribution is 2.21. The van der Waals surface area contributed by atoms with Crippen LogP contribution in [0.25, 0.3) is 10.9 Å². The van der Waals surface area contributed by atoms with Crippen molar-refractivity contribution >= 4 is 34.7 Å². The van der Waals surface area contributed by atoms with E-state index in [1.165, 1.54) is 0 Å². The molecule has 10 heteroatoms. The molecule has 0 aliphatic heterocycles. The number of esters is 2. The maximum atomic E-state index is 13.7. The number of aromatic nitrogens is 1. The highest BCUT2D eigenvalue weighted by molar-refractivity contribution is 5.87. The lowest BCUT2D eigenvalue weighted by molar-refractivity contribution is -0.161. The molecule has 0 saturated heterocycles. The van der Waals surface area contributed by atoms with Gasteiger partial charge in [-0.3, -0.25) is 19.2 Å². The Morgan fingerprint density at radius 3 is 2.21 bits per heavy atom. The number of hydrogen-bond acceptors (Lipinski definition) is 7. The van der Waals surface area contributed by atoms with Crippen LogP contribution in [0.15, 0.2) is 86.1 Å². The van der Waals surface area contributed by atoms with Crippen LogP contribution >= 0.6 is 0 Å². The summed E-state index contributed by atoms with van der Waals surface area (Å²) in [7, 11) is 0. The number of carbonyl (C=O) groups is 4. The Balaban J connectivity index is 1.73. The Morgan fingerprint density at radius 2 is 1.54 bits per heavy atom. The number of amides is 2. The molecule has 1 heterocycles. The van der Waals surface area contributed by atoms with Crippen molar-refractivity contribution in [3.8, 4) is 0 Å². The summed E-state index contributed by atoms with van der Waals surface area (Å²) in [5, 5.41) is 16.7. The number of benzene rings is 2. The van der Waals surface area contributed by atoms with Gasteiger partial charge in [0.2, 0.25) is 11.8 Å². The number of aliphatic hydroxyl groups excluding tert-OH is 1. The molecular weight excluding hydrogens is 610 g/mol. The zero-order valence-electron chi connectivity index (χ0n) is 28.2. The Bertz CT molecular complexity index is 1530. The monoisotopic (exact) mass is 659 g/mol. The number of para-hydroxylation sites is 1. The number of aliphatic hydroxyl groups is 1. The standard InChI is InChI=1S/C38H49N3O7/c1-6-13-27(21-34(43)40-30(24-42)19-26-15-9-8-10-16-26)36(45)41-31(20-29-23-39-33-18-12-11-17-32(29)33)25-47-37(46)28(14-7-2)22-35(44)48-38(3,4)5/h6-12,15-18,23,27-28,30-31,39,42H,1-2,13-14,19-22,24-25H2,3-5H3,(H,40,43)(H,41,45)/t27-,28+,30+,31-/m1/s1. The van der Waals surface area contributed by atoms with Crippen LogP contribution < -0.4 is 10.6 Å². The maximum Gasteiger partial charge on any atom is 0.309 e. The summed E-state index contributed by atoms with van der Waals surface area (Å²) in [5.74, 6) is -3.44. The van der Waals surface area contributed by atoms with Gasteiger partial charge in [0.25, 0.3) is 0 Å². The number of hydrogen-bond donors (Lipinski definition) is 4. The van der Waals surface area contributed by atoms with Crippen molar-refractivity contribution in [2.45, 2.75) is 77.0 Å². The van der Waals surface area contributed by atoms with E-state index >= 15 is 0 Å². The van der Waals surface area contributed by atoms with Gasteiger partial charge in [-0.15, -0.1) is 13.2 Å². The molecule has 48 heavy (non-hydrogen) atoms. The van der Waals surface area contributed by atoms with E-state index in [1.807, 2.05) is 60.8 Å². The quantitative estimate of drug-likeness (QED) is 0.105. The second-order valence-corrected chi connectivity index (χ2v) is 13.0. The Hall–Kier alpha value is -4.70. The van der Waals surface area contributed by atoms with E-state index in [0.29, 0.717) is 12.8 Å². The Morgan fingerprint density at radius 1 is 0.875 bits per heavy atom. The molecule has 0 unspecified atom stereocenters. The third kappa shape index (κ3) is 12.5. The zero-order valence-corrected chi connectivity index (χ0v) is 28.2. The molecule has 2 aromatic carbocycles. The molecule has 0 spiro atoms. The van der Waals surface area contributed by atoms with Crippen LogP contribution in [0.4, 0.5) is 0 Å². The first-order valence-corrected chi connectivity index (χ1v) is 16.3. The third-order valence-corrected chi connectivity index (χ3v) is 7.70. The van der Waals surface area contributed by atoms with E-state index in [2.05, 4.69) is 28.8 Å². The molecule has 0 aliphatic rings. The second kappa shape index (κ2) is 18.6. The predicted octanol–water partition coefficient (Wildman–Crippen LogP) is 4.96. The molecule has 0 aliphatic carbocycles. The van der Waals surface area contributed by atoms with E-state index in [9.17, 15) is 24.3 Å². The molecular formula is C38H49N3O7. The number of fused-ring (bicyclic) bond motifs is 1. The third-order valence-electron chi connectivity index (χ3n) is 7.70. The van der Waals surface area contributed by atoms with Crippen LogP contribution in [-0.4, -0.2) is 64.7 Å². The molecule has 0 saturated carbocycles. The van der Waals surface area contributed by atoms with Gasteiger partial charge >= 0.3 is 11.9 Å². The highest BCUT2D eigenvalue weighted by atomic mass is 16.6. The molecule has 0 radical (unpaired) electrons. The SMILES string of the molecule is C=CC[C@H](CC(=O)N[C@H](CO)Cc1ccccc1)C(=O)N[C@@H](COC(=O)[C@@H](CC=C)CC(=O)OC(C)(C)C)Cc1c[nH]c2ccccc12. The van der Waals surface area contributed by atoms with E-state index in [-0.39, 0.29) is 44.8 Å². The first-order valence-electron chi connectivity index (χ1n) is 16.3. The summed E-state index contributed by atoms with van der Waals surface area (Å²) in [6, 6.07) is 16.1. The summed E-state index contributed by atoms with van der Waals surface area (Å²) in [6.07, 6.45) is 5.91. The largest absolute Gasteiger partial charge is 0.463 e. The van der Waals surface area contributed by atoms with Crippen molar-refractivity contribution in [1.82, 2.24) is 15.6 Å². The fourth-order valence-corrected chi connectivity index (χ4v) is 5.44. The van der Waals surface area contributed by atoms with Gasteiger partial charge in [0, 0.05) is 23.5 Å². The van der Waals surface area contributed by atoms with Crippen LogP contribution in [0.3, 0.4) is 0 Å². The normalized spacial score (nSPS) is 13.8. The number of ether oxygens (including phenoxy) is 2. The first-order chi connectivity index (χ1) is 22.9. The maximum absolute atomic E-state index is 13.7. The second-order valence-electron chi connectivity index (χ2n) is 13.0. The van der Waals surface area contributed by atoms with E-state index in [0.717, 1.165) is 22.0 Å². The average molecular weight is 660 g/mol. The number of carbonyl (C=O) groups excluding carboxylic acids is 4. The van der Waals surface area contributed by atoms with Gasteiger partial charge in [0.05, 0.1) is 36.9 Å². The topological polar surface area (TPSA) is 147 Å². The summed E-state index contributed by atoms with van der Waals surface area (Å²) in [4.78, 5) is 55.6. The van der Waals surface area contributed by atoms with Crippen LogP contribution in [0.2, 0.25) is 0 Å². The van der Waals surface area contributed by atoms with Crippen molar-refractivity contribution in [3.63, 3.8) is 0 Å². The van der Waals surface area contributed by atoms with Gasteiger partial charge in [0.15, 0.2) is 0 Å². The smallest absolute Gasteiger partial charge is 0.309 e. The molecule has 10 nitrogen and oxygen atoms in total. The number of nitrogens with one attached hydrogen (secondary N) is 3. The van der Waals surface area contributed by atoms with Crippen molar-refractivity contribution in [2.75, 3.05) is 13.2 Å². The molecule has 3 aromatic rings. The molecule has 4 atom stereocenters. The molecule has 258 valence electrons. The summed E-state index contributed by atoms with van der Waals surface area (Å²) in [6.45, 7) is 12.3. The van der Waals surface area contributed by atoms with Crippen LogP contribution in [0.5, 0.6) is 0 Å². The molecule has 1 aromatic heterocycles. The summed E-state index contributed by atoms with van der Waals surface area (Å²) >= 11 is 0. The molecule has 3 rings (SSSR count). The van der Waals surface area contributed by atoms with Crippen molar-refractivity contribution in [3.05, 3.63) is 97.2 Å². The van der Waals surface area contributed by atoms with E-state index < -0.39 is 47.4 Å².